The molecule has 0 spiro atoms. The zero-order valence-corrected chi connectivity index (χ0v) is 8.07. The van der Waals surface area contributed by atoms with E-state index in [1.807, 2.05) is 18.2 Å². The van der Waals surface area contributed by atoms with Crippen LogP contribution in [0, 0.1) is 0 Å². The van der Waals surface area contributed by atoms with Gasteiger partial charge in [0.05, 0.1) is 6.61 Å². The first kappa shape index (κ1) is 9.49. The highest BCUT2D eigenvalue weighted by molar-refractivity contribution is 5.40. The van der Waals surface area contributed by atoms with Gasteiger partial charge in [-0.15, -0.1) is 0 Å². The van der Waals surface area contributed by atoms with E-state index in [1.54, 1.807) is 0 Å². The summed E-state index contributed by atoms with van der Waals surface area (Å²) in [5, 5.41) is 8.81. The molecule has 0 aromatic heterocycles. The molecule has 1 aliphatic heterocycles. The quantitative estimate of drug-likeness (QED) is 0.736. The molecule has 0 amide bonds. The maximum Gasteiger partial charge on any atom is 0.124 e. The number of rotatable bonds is 2. The lowest BCUT2D eigenvalue weighted by atomic mass is 9.99. The second-order valence-corrected chi connectivity index (χ2v) is 3.59. The van der Waals surface area contributed by atoms with Crippen molar-refractivity contribution < 1.29 is 9.84 Å². The maximum atomic E-state index is 8.81. The third-order valence-electron chi connectivity index (χ3n) is 2.56. The Labute approximate surface area is 83.5 Å². The number of hydrogen-bond acceptors (Lipinski definition) is 3. The van der Waals surface area contributed by atoms with Crippen LogP contribution < -0.4 is 10.5 Å². The lowest BCUT2D eigenvalue weighted by molar-refractivity contribution is 0.268. The molecule has 2 rings (SSSR count). The van der Waals surface area contributed by atoms with Crippen LogP contribution in [0.1, 0.15) is 23.6 Å². The Balaban J connectivity index is 2.29. The molecule has 1 aromatic rings. The van der Waals surface area contributed by atoms with Crippen LogP contribution in [0.25, 0.3) is 0 Å². The smallest absolute Gasteiger partial charge is 0.124 e. The van der Waals surface area contributed by atoms with E-state index in [0.717, 1.165) is 23.3 Å². The van der Waals surface area contributed by atoms with Crippen molar-refractivity contribution in [3.8, 4) is 5.75 Å². The van der Waals surface area contributed by atoms with E-state index < -0.39 is 0 Å². The van der Waals surface area contributed by atoms with Crippen molar-refractivity contribution in [3.63, 3.8) is 0 Å². The molecule has 0 radical (unpaired) electrons. The molecular weight excluding hydrogens is 178 g/mol. The molecule has 0 aliphatic carbocycles. The fourth-order valence-electron chi connectivity index (χ4n) is 1.75. The van der Waals surface area contributed by atoms with E-state index in [9.17, 15) is 0 Å². The molecule has 1 heterocycles. The fourth-order valence-corrected chi connectivity index (χ4v) is 1.75. The van der Waals surface area contributed by atoms with Crippen molar-refractivity contribution in [1.29, 1.82) is 0 Å². The molecule has 14 heavy (non-hydrogen) atoms. The number of aliphatic hydroxyl groups excluding tert-OH is 1. The van der Waals surface area contributed by atoms with Gasteiger partial charge in [-0.05, 0) is 18.1 Å². The summed E-state index contributed by atoms with van der Waals surface area (Å²) in [6, 6.07) is 6.08. The van der Waals surface area contributed by atoms with Crippen LogP contribution in [0.15, 0.2) is 18.2 Å². The minimum absolute atomic E-state index is 0.0990. The van der Waals surface area contributed by atoms with E-state index in [0.29, 0.717) is 13.0 Å². The zero-order valence-electron chi connectivity index (χ0n) is 8.07. The standard InChI is InChI=1S/C11H15NO2/c12-10-4-6-14-11-7-8(3-5-13)1-2-9(10)11/h1-2,7,10,13H,3-6,12H2/t10-/m1/s1. The van der Waals surface area contributed by atoms with Crippen LogP contribution in [0.4, 0.5) is 0 Å². The Morgan fingerprint density at radius 3 is 3.14 bits per heavy atom. The van der Waals surface area contributed by atoms with Gasteiger partial charge >= 0.3 is 0 Å². The first-order valence-corrected chi connectivity index (χ1v) is 4.93. The third-order valence-corrected chi connectivity index (χ3v) is 2.56. The second-order valence-electron chi connectivity index (χ2n) is 3.59. The molecule has 3 heteroatoms. The summed E-state index contributed by atoms with van der Waals surface area (Å²) in [6.45, 7) is 0.863. The highest BCUT2D eigenvalue weighted by atomic mass is 16.5. The molecule has 0 saturated carbocycles. The van der Waals surface area contributed by atoms with Gasteiger partial charge < -0.3 is 15.6 Å². The van der Waals surface area contributed by atoms with Crippen LogP contribution in [0.2, 0.25) is 0 Å². The van der Waals surface area contributed by atoms with Crippen LogP contribution >= 0.6 is 0 Å². The number of benzene rings is 1. The molecule has 0 saturated heterocycles. The largest absolute Gasteiger partial charge is 0.493 e. The molecule has 1 atom stereocenters. The topological polar surface area (TPSA) is 55.5 Å². The van der Waals surface area contributed by atoms with Gasteiger partial charge in [0.2, 0.25) is 0 Å². The predicted octanol–water partition coefficient (Wildman–Crippen LogP) is 1.00. The van der Waals surface area contributed by atoms with Gasteiger partial charge in [0.25, 0.3) is 0 Å². The molecular formula is C11H15NO2. The number of aliphatic hydroxyl groups is 1. The number of nitrogens with two attached hydrogens (primary N) is 1. The highest BCUT2D eigenvalue weighted by Gasteiger charge is 2.17. The van der Waals surface area contributed by atoms with Gasteiger partial charge in [-0.1, -0.05) is 12.1 Å². The first-order chi connectivity index (χ1) is 6.81. The van der Waals surface area contributed by atoms with Gasteiger partial charge in [-0.2, -0.15) is 0 Å². The van der Waals surface area contributed by atoms with Crippen LogP contribution in [0.3, 0.4) is 0 Å². The fraction of sp³-hybridized carbons (Fsp3) is 0.455. The number of fused-ring (bicyclic) bond motifs is 1. The van der Waals surface area contributed by atoms with E-state index in [2.05, 4.69) is 0 Å². The van der Waals surface area contributed by atoms with Gasteiger partial charge in [-0.3, -0.25) is 0 Å². The van der Waals surface area contributed by atoms with Crippen LogP contribution in [-0.4, -0.2) is 18.3 Å². The summed E-state index contributed by atoms with van der Waals surface area (Å²) >= 11 is 0. The zero-order chi connectivity index (χ0) is 9.97. The lowest BCUT2D eigenvalue weighted by Crippen LogP contribution is -2.20. The first-order valence-electron chi connectivity index (χ1n) is 4.93. The van der Waals surface area contributed by atoms with Crippen molar-refractivity contribution in [2.24, 2.45) is 5.73 Å². The molecule has 0 unspecified atom stereocenters. The van der Waals surface area contributed by atoms with Crippen LogP contribution in [-0.2, 0) is 6.42 Å². The van der Waals surface area contributed by atoms with Crippen molar-refractivity contribution in [1.82, 2.24) is 0 Å². The summed E-state index contributed by atoms with van der Waals surface area (Å²) in [4.78, 5) is 0. The van der Waals surface area contributed by atoms with Crippen molar-refractivity contribution >= 4 is 0 Å². The molecule has 0 bridgehead atoms. The molecule has 1 aliphatic rings. The monoisotopic (exact) mass is 193 g/mol. The Bertz CT molecular complexity index is 325. The average molecular weight is 193 g/mol. The molecule has 3 nitrogen and oxygen atoms in total. The van der Waals surface area contributed by atoms with E-state index in [4.69, 9.17) is 15.6 Å². The summed E-state index contributed by atoms with van der Waals surface area (Å²) in [7, 11) is 0. The molecule has 3 N–H and O–H groups in total. The predicted molar refractivity (Wildman–Crippen MR) is 54.3 cm³/mol. The minimum Gasteiger partial charge on any atom is -0.493 e. The van der Waals surface area contributed by atoms with Gasteiger partial charge in [0.1, 0.15) is 5.75 Å². The lowest BCUT2D eigenvalue weighted by Gasteiger charge is -2.23. The maximum absolute atomic E-state index is 8.81. The normalized spacial score (nSPS) is 20.0. The molecule has 76 valence electrons. The summed E-state index contributed by atoms with van der Waals surface area (Å²) in [5.41, 5.74) is 8.12. The molecule has 0 fully saturated rings. The summed E-state index contributed by atoms with van der Waals surface area (Å²) in [6.07, 6.45) is 1.55. The number of hydrogen-bond donors (Lipinski definition) is 2. The van der Waals surface area contributed by atoms with E-state index >= 15 is 0 Å². The Morgan fingerprint density at radius 2 is 2.36 bits per heavy atom. The van der Waals surface area contributed by atoms with Gasteiger partial charge in [0.15, 0.2) is 0 Å². The van der Waals surface area contributed by atoms with Crippen molar-refractivity contribution in [2.45, 2.75) is 18.9 Å². The summed E-state index contributed by atoms with van der Waals surface area (Å²) in [5.74, 6) is 0.884. The Kier molecular flexibility index (Phi) is 2.70. The number of ether oxygens (including phenoxy) is 1. The molecule has 1 aromatic carbocycles. The average Bonchev–Trinajstić information content (AvgIpc) is 2.18. The SMILES string of the molecule is N[C@@H]1CCOc2cc(CCO)ccc21. The van der Waals surface area contributed by atoms with E-state index in [-0.39, 0.29) is 12.6 Å². The Morgan fingerprint density at radius 1 is 1.50 bits per heavy atom. The third kappa shape index (κ3) is 1.74. The minimum atomic E-state index is 0.0990. The van der Waals surface area contributed by atoms with Gasteiger partial charge in [-0.25, -0.2) is 0 Å². The Hall–Kier alpha value is -1.06. The van der Waals surface area contributed by atoms with E-state index in [1.165, 1.54) is 0 Å². The summed E-state index contributed by atoms with van der Waals surface area (Å²) < 4.78 is 5.52. The van der Waals surface area contributed by atoms with Crippen molar-refractivity contribution in [3.05, 3.63) is 29.3 Å². The van der Waals surface area contributed by atoms with Gasteiger partial charge in [0, 0.05) is 24.6 Å². The van der Waals surface area contributed by atoms with Crippen LogP contribution in [0.5, 0.6) is 5.75 Å². The van der Waals surface area contributed by atoms with Crippen molar-refractivity contribution in [2.75, 3.05) is 13.2 Å². The highest BCUT2D eigenvalue weighted by Crippen LogP contribution is 2.31. The second kappa shape index (κ2) is 3.98.